The zero-order valence-corrected chi connectivity index (χ0v) is 10.00. The van der Waals surface area contributed by atoms with Crippen molar-refractivity contribution in [3.63, 3.8) is 0 Å². The molecule has 0 spiro atoms. The predicted octanol–water partition coefficient (Wildman–Crippen LogP) is 3.77. The lowest BCUT2D eigenvalue weighted by Gasteiger charge is -2.36. The van der Waals surface area contributed by atoms with Crippen molar-refractivity contribution in [1.82, 2.24) is 0 Å². The standard InChI is InChI=1S/C11H16ClNS/c1-8-3-2-5-11(13,7-8)10-9(12)4-6-14-10/h4,6,8H,2-3,5,7,13H2,1H3. The lowest BCUT2D eigenvalue weighted by atomic mass is 9.76. The van der Waals surface area contributed by atoms with Gasteiger partial charge in [0, 0.05) is 4.88 Å². The van der Waals surface area contributed by atoms with Crippen molar-refractivity contribution in [2.75, 3.05) is 0 Å². The molecule has 0 bridgehead atoms. The highest BCUT2D eigenvalue weighted by molar-refractivity contribution is 7.10. The lowest BCUT2D eigenvalue weighted by Crippen LogP contribution is -2.40. The Bertz CT molecular complexity index is 323. The van der Waals surface area contributed by atoms with Crippen molar-refractivity contribution >= 4 is 22.9 Å². The number of nitrogens with two attached hydrogens (primary N) is 1. The van der Waals surface area contributed by atoms with E-state index in [4.69, 9.17) is 17.3 Å². The molecule has 1 nitrogen and oxygen atoms in total. The molecule has 1 fully saturated rings. The van der Waals surface area contributed by atoms with Crippen LogP contribution in [0.15, 0.2) is 11.4 Å². The molecule has 0 radical (unpaired) electrons. The molecule has 0 aromatic carbocycles. The molecule has 1 aliphatic carbocycles. The number of halogens is 1. The maximum absolute atomic E-state index is 6.44. The average molecular weight is 230 g/mol. The Kier molecular flexibility index (Phi) is 2.87. The largest absolute Gasteiger partial charge is 0.321 e. The third kappa shape index (κ3) is 1.83. The normalized spacial score (nSPS) is 33.2. The zero-order chi connectivity index (χ0) is 10.2. The molecule has 3 heteroatoms. The first kappa shape index (κ1) is 10.5. The minimum Gasteiger partial charge on any atom is -0.321 e. The molecule has 14 heavy (non-hydrogen) atoms. The van der Waals surface area contributed by atoms with E-state index < -0.39 is 0 Å². The van der Waals surface area contributed by atoms with Crippen LogP contribution in [-0.4, -0.2) is 0 Å². The highest BCUT2D eigenvalue weighted by Gasteiger charge is 2.35. The van der Waals surface area contributed by atoms with E-state index in [0.717, 1.165) is 23.8 Å². The summed E-state index contributed by atoms with van der Waals surface area (Å²) in [6, 6.07) is 1.95. The minimum absolute atomic E-state index is 0.150. The SMILES string of the molecule is CC1CCCC(N)(c2sccc2Cl)C1. The second kappa shape index (κ2) is 3.84. The summed E-state index contributed by atoms with van der Waals surface area (Å²) in [7, 11) is 0. The second-order valence-corrected chi connectivity index (χ2v) is 5.78. The van der Waals surface area contributed by atoms with Crippen molar-refractivity contribution in [3.8, 4) is 0 Å². The highest BCUT2D eigenvalue weighted by atomic mass is 35.5. The fraction of sp³-hybridized carbons (Fsp3) is 0.636. The van der Waals surface area contributed by atoms with Gasteiger partial charge in [-0.15, -0.1) is 11.3 Å². The molecule has 2 N–H and O–H groups in total. The molecule has 0 amide bonds. The number of thiophene rings is 1. The van der Waals surface area contributed by atoms with Crippen LogP contribution in [0.5, 0.6) is 0 Å². The molecule has 0 aliphatic heterocycles. The second-order valence-electron chi connectivity index (χ2n) is 4.46. The molecule has 1 saturated carbocycles. The Morgan fingerprint density at radius 3 is 3.00 bits per heavy atom. The Labute approximate surface area is 94.3 Å². The zero-order valence-electron chi connectivity index (χ0n) is 8.42. The third-order valence-corrected chi connectivity index (χ3v) is 4.66. The molecule has 2 unspecified atom stereocenters. The molecule has 1 aliphatic rings. The van der Waals surface area contributed by atoms with E-state index in [1.54, 1.807) is 11.3 Å². The molecule has 1 aromatic heterocycles. The summed E-state index contributed by atoms with van der Waals surface area (Å²) in [5, 5.41) is 2.89. The maximum atomic E-state index is 6.44. The van der Waals surface area contributed by atoms with Crippen LogP contribution in [0, 0.1) is 5.92 Å². The van der Waals surface area contributed by atoms with Crippen molar-refractivity contribution in [1.29, 1.82) is 0 Å². The maximum Gasteiger partial charge on any atom is 0.0564 e. The number of hydrogen-bond donors (Lipinski definition) is 1. The molecule has 1 heterocycles. The van der Waals surface area contributed by atoms with Crippen LogP contribution in [0.25, 0.3) is 0 Å². The first-order chi connectivity index (χ1) is 6.62. The molecule has 2 rings (SSSR count). The number of rotatable bonds is 1. The molecule has 78 valence electrons. The summed E-state index contributed by atoms with van der Waals surface area (Å²) >= 11 is 7.84. The topological polar surface area (TPSA) is 26.0 Å². The van der Waals surface area contributed by atoms with Crippen LogP contribution in [0.2, 0.25) is 5.02 Å². The van der Waals surface area contributed by atoms with E-state index in [9.17, 15) is 0 Å². The van der Waals surface area contributed by atoms with Crippen LogP contribution in [0.3, 0.4) is 0 Å². The van der Waals surface area contributed by atoms with Crippen LogP contribution in [0.4, 0.5) is 0 Å². The minimum atomic E-state index is -0.150. The molecule has 1 aromatic rings. The van der Waals surface area contributed by atoms with Crippen molar-refractivity contribution in [3.05, 3.63) is 21.3 Å². The van der Waals surface area contributed by atoms with Crippen LogP contribution >= 0.6 is 22.9 Å². The van der Waals surface area contributed by atoms with Crippen molar-refractivity contribution in [2.45, 2.75) is 38.1 Å². The smallest absolute Gasteiger partial charge is 0.0564 e. The van der Waals surface area contributed by atoms with Gasteiger partial charge in [0.2, 0.25) is 0 Å². The van der Waals surface area contributed by atoms with Crippen LogP contribution in [0.1, 0.15) is 37.5 Å². The summed E-state index contributed by atoms with van der Waals surface area (Å²) in [6.07, 6.45) is 4.69. The first-order valence-corrected chi connectivity index (χ1v) is 6.40. The Balaban J connectivity index is 2.27. The molecular weight excluding hydrogens is 214 g/mol. The predicted molar refractivity (Wildman–Crippen MR) is 62.8 cm³/mol. The summed E-state index contributed by atoms with van der Waals surface area (Å²) in [5.74, 6) is 0.729. The van der Waals surface area contributed by atoms with E-state index in [-0.39, 0.29) is 5.54 Å². The Hall–Kier alpha value is -0.0500. The van der Waals surface area contributed by atoms with Gasteiger partial charge in [0.25, 0.3) is 0 Å². The van der Waals surface area contributed by atoms with E-state index >= 15 is 0 Å². The van der Waals surface area contributed by atoms with Gasteiger partial charge in [-0.05, 0) is 30.2 Å². The lowest BCUT2D eigenvalue weighted by molar-refractivity contribution is 0.243. The fourth-order valence-corrected chi connectivity index (χ4v) is 3.85. The molecule has 2 atom stereocenters. The van der Waals surface area contributed by atoms with Gasteiger partial charge in [0.1, 0.15) is 0 Å². The summed E-state index contributed by atoms with van der Waals surface area (Å²) in [6.45, 7) is 2.28. The molecule has 0 saturated heterocycles. The van der Waals surface area contributed by atoms with Crippen molar-refractivity contribution < 1.29 is 0 Å². The average Bonchev–Trinajstić information content (AvgIpc) is 2.51. The first-order valence-electron chi connectivity index (χ1n) is 5.14. The summed E-state index contributed by atoms with van der Waals surface area (Å²) in [4.78, 5) is 1.19. The van der Waals surface area contributed by atoms with E-state index in [0.29, 0.717) is 0 Å². The Morgan fingerprint density at radius 2 is 2.43 bits per heavy atom. The quantitative estimate of drug-likeness (QED) is 0.780. The monoisotopic (exact) mass is 229 g/mol. The van der Waals surface area contributed by atoms with E-state index in [1.807, 2.05) is 11.4 Å². The van der Waals surface area contributed by atoms with Crippen LogP contribution in [-0.2, 0) is 5.54 Å². The summed E-state index contributed by atoms with van der Waals surface area (Å²) < 4.78 is 0. The van der Waals surface area contributed by atoms with Gasteiger partial charge in [-0.3, -0.25) is 0 Å². The van der Waals surface area contributed by atoms with Gasteiger partial charge in [0.05, 0.1) is 10.6 Å². The summed E-state index contributed by atoms with van der Waals surface area (Å²) in [5.41, 5.74) is 6.29. The number of hydrogen-bond acceptors (Lipinski definition) is 2. The van der Waals surface area contributed by atoms with Gasteiger partial charge in [-0.25, -0.2) is 0 Å². The van der Waals surface area contributed by atoms with Crippen LogP contribution < -0.4 is 5.73 Å². The van der Waals surface area contributed by atoms with Gasteiger partial charge in [-0.1, -0.05) is 31.4 Å². The van der Waals surface area contributed by atoms with Gasteiger partial charge >= 0.3 is 0 Å². The van der Waals surface area contributed by atoms with Gasteiger partial charge in [0.15, 0.2) is 0 Å². The Morgan fingerprint density at radius 1 is 1.64 bits per heavy atom. The van der Waals surface area contributed by atoms with Crippen molar-refractivity contribution in [2.24, 2.45) is 11.7 Å². The third-order valence-electron chi connectivity index (χ3n) is 3.10. The van der Waals surface area contributed by atoms with Gasteiger partial charge < -0.3 is 5.73 Å². The van der Waals surface area contributed by atoms with E-state index in [2.05, 4.69) is 6.92 Å². The van der Waals surface area contributed by atoms with E-state index in [1.165, 1.54) is 17.7 Å². The molecular formula is C11H16ClNS. The fourth-order valence-electron chi connectivity index (χ4n) is 2.45. The highest BCUT2D eigenvalue weighted by Crippen LogP contribution is 2.42. The van der Waals surface area contributed by atoms with Gasteiger partial charge in [-0.2, -0.15) is 0 Å².